The van der Waals surface area contributed by atoms with Crippen LogP contribution in [0.4, 0.5) is 10.1 Å². The van der Waals surface area contributed by atoms with Crippen LogP contribution >= 0.6 is 27.5 Å². The molecule has 18 heavy (non-hydrogen) atoms. The largest absolute Gasteiger partial charge is 0.455 e. The minimum Gasteiger partial charge on any atom is -0.455 e. The summed E-state index contributed by atoms with van der Waals surface area (Å²) < 4.78 is 19.1. The van der Waals surface area contributed by atoms with Gasteiger partial charge in [0.2, 0.25) is 0 Å². The maximum atomic E-state index is 13.2. The fourth-order valence-corrected chi connectivity index (χ4v) is 1.88. The minimum atomic E-state index is -0.424. The van der Waals surface area contributed by atoms with Crippen molar-refractivity contribution in [3.8, 4) is 11.5 Å². The van der Waals surface area contributed by atoms with Crippen molar-refractivity contribution >= 4 is 33.2 Å². The third-order valence-corrected chi connectivity index (χ3v) is 3.44. The van der Waals surface area contributed by atoms with Crippen LogP contribution in [-0.4, -0.2) is 0 Å². The van der Waals surface area contributed by atoms with Gasteiger partial charge in [0.05, 0.1) is 10.2 Å². The molecule has 0 amide bonds. The molecule has 0 atom stereocenters. The lowest BCUT2D eigenvalue weighted by molar-refractivity contribution is 0.482. The second-order valence-corrected chi connectivity index (χ2v) is 5.08. The van der Waals surface area contributed by atoms with Crippen LogP contribution in [-0.2, 0) is 0 Å². The highest BCUT2D eigenvalue weighted by Gasteiger charge is 2.08. The first-order valence-corrected chi connectivity index (χ1v) is 6.33. The number of nitrogens with two attached hydrogens (primary N) is 1. The van der Waals surface area contributed by atoms with Crippen LogP contribution in [0, 0.1) is 12.7 Å². The summed E-state index contributed by atoms with van der Waals surface area (Å²) in [4.78, 5) is 0. The van der Waals surface area contributed by atoms with E-state index in [0.29, 0.717) is 21.0 Å². The molecule has 94 valence electrons. The van der Waals surface area contributed by atoms with Gasteiger partial charge in [-0.2, -0.15) is 0 Å². The Morgan fingerprint density at radius 2 is 2.00 bits per heavy atom. The van der Waals surface area contributed by atoms with E-state index in [4.69, 9.17) is 22.1 Å². The maximum absolute atomic E-state index is 13.2. The predicted octanol–water partition coefficient (Wildman–Crippen LogP) is 4.92. The average molecular weight is 331 g/mol. The van der Waals surface area contributed by atoms with E-state index < -0.39 is 5.82 Å². The Kier molecular flexibility index (Phi) is 3.78. The predicted molar refractivity (Wildman–Crippen MR) is 74.8 cm³/mol. The standard InChI is InChI=1S/C13H10BrClFNO/c1-7-4-8(2-3-10(7)15)18-13-5-9(14)11(16)6-12(13)17/h2-6H,17H2,1H3. The molecule has 2 aromatic rings. The zero-order chi connectivity index (χ0) is 13.3. The summed E-state index contributed by atoms with van der Waals surface area (Å²) in [5.74, 6) is 0.569. The van der Waals surface area contributed by atoms with E-state index in [2.05, 4.69) is 15.9 Å². The molecular formula is C13H10BrClFNO. The molecule has 0 aliphatic carbocycles. The third-order valence-electron chi connectivity index (χ3n) is 2.41. The van der Waals surface area contributed by atoms with Crippen LogP contribution < -0.4 is 10.5 Å². The number of rotatable bonds is 2. The van der Waals surface area contributed by atoms with Gasteiger partial charge in [-0.1, -0.05) is 11.6 Å². The molecule has 2 N–H and O–H groups in total. The van der Waals surface area contributed by atoms with Crippen LogP contribution in [0.3, 0.4) is 0 Å². The van der Waals surface area contributed by atoms with Gasteiger partial charge in [0.25, 0.3) is 0 Å². The summed E-state index contributed by atoms with van der Waals surface area (Å²) in [7, 11) is 0. The highest BCUT2D eigenvalue weighted by Crippen LogP contribution is 2.33. The number of nitrogen functional groups attached to an aromatic ring is 1. The molecular weight excluding hydrogens is 321 g/mol. The van der Waals surface area contributed by atoms with Gasteiger partial charge in [-0.3, -0.25) is 0 Å². The smallest absolute Gasteiger partial charge is 0.151 e. The monoisotopic (exact) mass is 329 g/mol. The zero-order valence-electron chi connectivity index (χ0n) is 9.51. The Balaban J connectivity index is 2.34. The van der Waals surface area contributed by atoms with Gasteiger partial charge in [-0.15, -0.1) is 0 Å². The third kappa shape index (κ3) is 2.76. The van der Waals surface area contributed by atoms with Crippen molar-refractivity contribution in [3.05, 3.63) is 51.2 Å². The summed E-state index contributed by atoms with van der Waals surface area (Å²) in [5.41, 5.74) is 6.83. The van der Waals surface area contributed by atoms with E-state index in [1.165, 1.54) is 12.1 Å². The normalized spacial score (nSPS) is 10.4. The first-order chi connectivity index (χ1) is 8.47. The molecule has 2 rings (SSSR count). The molecule has 0 bridgehead atoms. The Labute approximate surface area is 118 Å². The van der Waals surface area contributed by atoms with Gasteiger partial charge in [0.1, 0.15) is 11.6 Å². The van der Waals surface area contributed by atoms with Gasteiger partial charge in [-0.05, 0) is 46.6 Å². The summed E-state index contributed by atoms with van der Waals surface area (Å²) in [6.07, 6.45) is 0. The molecule has 0 unspecified atom stereocenters. The topological polar surface area (TPSA) is 35.2 Å². The van der Waals surface area contributed by atoms with Gasteiger partial charge in [-0.25, -0.2) is 4.39 Å². The summed E-state index contributed by atoms with van der Waals surface area (Å²) in [6.45, 7) is 1.87. The number of hydrogen-bond acceptors (Lipinski definition) is 2. The number of benzene rings is 2. The van der Waals surface area contributed by atoms with Crippen molar-refractivity contribution in [3.63, 3.8) is 0 Å². The number of hydrogen-bond donors (Lipinski definition) is 1. The Hall–Kier alpha value is -1.26. The number of halogens is 3. The van der Waals surface area contributed by atoms with Crippen molar-refractivity contribution < 1.29 is 9.13 Å². The van der Waals surface area contributed by atoms with Crippen molar-refractivity contribution in [2.75, 3.05) is 5.73 Å². The van der Waals surface area contributed by atoms with E-state index in [1.807, 2.05) is 6.92 Å². The number of ether oxygens (including phenoxy) is 1. The minimum absolute atomic E-state index is 0.239. The molecule has 0 aliphatic heterocycles. The van der Waals surface area contributed by atoms with Crippen LogP contribution in [0.25, 0.3) is 0 Å². The van der Waals surface area contributed by atoms with Crippen LogP contribution in [0.15, 0.2) is 34.8 Å². The van der Waals surface area contributed by atoms with E-state index in [9.17, 15) is 4.39 Å². The van der Waals surface area contributed by atoms with Gasteiger partial charge < -0.3 is 10.5 Å². The lowest BCUT2D eigenvalue weighted by Gasteiger charge is -2.10. The molecule has 0 fully saturated rings. The molecule has 5 heteroatoms. The second kappa shape index (κ2) is 5.16. The molecule has 0 aliphatic rings. The van der Waals surface area contributed by atoms with E-state index in [1.54, 1.807) is 18.2 Å². The zero-order valence-corrected chi connectivity index (χ0v) is 11.8. The van der Waals surface area contributed by atoms with E-state index >= 15 is 0 Å². The fraction of sp³-hybridized carbons (Fsp3) is 0.0769. The average Bonchev–Trinajstić information content (AvgIpc) is 2.31. The van der Waals surface area contributed by atoms with Gasteiger partial charge in [0, 0.05) is 17.2 Å². The second-order valence-electron chi connectivity index (χ2n) is 3.82. The fourth-order valence-electron chi connectivity index (χ4n) is 1.44. The van der Waals surface area contributed by atoms with Gasteiger partial charge >= 0.3 is 0 Å². The molecule has 0 saturated heterocycles. The van der Waals surface area contributed by atoms with Crippen molar-refractivity contribution in [1.29, 1.82) is 0 Å². The van der Waals surface area contributed by atoms with Gasteiger partial charge in [0.15, 0.2) is 5.75 Å². The van der Waals surface area contributed by atoms with Crippen LogP contribution in [0.1, 0.15) is 5.56 Å². The Morgan fingerprint density at radius 3 is 2.67 bits per heavy atom. The molecule has 0 aromatic heterocycles. The van der Waals surface area contributed by atoms with Crippen LogP contribution in [0.5, 0.6) is 11.5 Å². The number of aryl methyl sites for hydroxylation is 1. The molecule has 2 aromatic carbocycles. The maximum Gasteiger partial charge on any atom is 0.151 e. The summed E-state index contributed by atoms with van der Waals surface area (Å²) >= 11 is 9.01. The Morgan fingerprint density at radius 1 is 1.28 bits per heavy atom. The lowest BCUT2D eigenvalue weighted by Crippen LogP contribution is -1.94. The first kappa shape index (κ1) is 13.2. The van der Waals surface area contributed by atoms with Crippen LogP contribution in [0.2, 0.25) is 5.02 Å². The molecule has 0 spiro atoms. The van der Waals surface area contributed by atoms with Crippen molar-refractivity contribution in [2.45, 2.75) is 6.92 Å². The molecule has 0 saturated carbocycles. The Bertz CT molecular complexity index is 604. The summed E-state index contributed by atoms with van der Waals surface area (Å²) in [6, 6.07) is 7.96. The van der Waals surface area contributed by atoms with E-state index in [0.717, 1.165) is 5.56 Å². The first-order valence-electron chi connectivity index (χ1n) is 5.16. The quantitative estimate of drug-likeness (QED) is 0.793. The number of anilines is 1. The summed E-state index contributed by atoms with van der Waals surface area (Å²) in [5, 5.41) is 0.663. The van der Waals surface area contributed by atoms with Crippen molar-refractivity contribution in [2.24, 2.45) is 0 Å². The molecule has 0 heterocycles. The highest BCUT2D eigenvalue weighted by molar-refractivity contribution is 9.10. The SMILES string of the molecule is Cc1cc(Oc2cc(Br)c(F)cc2N)ccc1Cl. The lowest BCUT2D eigenvalue weighted by atomic mass is 10.2. The highest BCUT2D eigenvalue weighted by atomic mass is 79.9. The molecule has 0 radical (unpaired) electrons. The van der Waals surface area contributed by atoms with E-state index in [-0.39, 0.29) is 5.69 Å². The van der Waals surface area contributed by atoms with Crippen molar-refractivity contribution in [1.82, 2.24) is 0 Å². The molecule has 2 nitrogen and oxygen atoms in total.